The van der Waals surface area contributed by atoms with Gasteiger partial charge in [0.2, 0.25) is 20.9 Å². The largest absolute Gasteiger partial charge is 0.355 e. The maximum atomic E-state index is 13.1. The number of hydrogen-bond acceptors (Lipinski definition) is 6. The molecule has 0 unspecified atom stereocenters. The van der Waals surface area contributed by atoms with E-state index < -0.39 is 9.84 Å². The monoisotopic (exact) mass is 463 g/mol. The number of likely N-dealkylation sites (tertiary alicyclic amines) is 1. The molecule has 2 aromatic rings. The van der Waals surface area contributed by atoms with Crippen LogP contribution in [0.5, 0.6) is 0 Å². The van der Waals surface area contributed by atoms with Gasteiger partial charge in [-0.25, -0.2) is 13.4 Å². The summed E-state index contributed by atoms with van der Waals surface area (Å²) in [6.45, 7) is 6.56. The van der Waals surface area contributed by atoms with Gasteiger partial charge in [-0.2, -0.15) is 0 Å². The molecule has 2 amide bonds. The lowest BCUT2D eigenvalue weighted by Gasteiger charge is -2.33. The third-order valence-electron chi connectivity index (χ3n) is 5.69. The van der Waals surface area contributed by atoms with Gasteiger partial charge in [-0.15, -0.1) is 0 Å². The lowest BCUT2D eigenvalue weighted by Crippen LogP contribution is -2.46. The predicted molar refractivity (Wildman–Crippen MR) is 122 cm³/mol. The maximum Gasteiger partial charge on any atom is 0.274 e. The van der Waals surface area contributed by atoms with Gasteiger partial charge in [-0.3, -0.25) is 14.0 Å². The van der Waals surface area contributed by atoms with Crippen molar-refractivity contribution in [3.05, 3.63) is 30.1 Å². The number of hydrogen-bond donors (Lipinski definition) is 1. The average Bonchev–Trinajstić information content (AvgIpc) is 3.11. The van der Waals surface area contributed by atoms with Gasteiger partial charge in [0.05, 0.1) is 5.52 Å². The summed E-state index contributed by atoms with van der Waals surface area (Å²) >= 11 is 0. The van der Waals surface area contributed by atoms with Crippen LogP contribution in [0.25, 0.3) is 5.52 Å². The van der Waals surface area contributed by atoms with E-state index in [9.17, 15) is 18.0 Å². The van der Waals surface area contributed by atoms with Crippen molar-refractivity contribution in [3.63, 3.8) is 0 Å². The summed E-state index contributed by atoms with van der Waals surface area (Å²) in [7, 11) is 0.431. The van der Waals surface area contributed by atoms with Gasteiger partial charge in [0.25, 0.3) is 5.91 Å². The Bertz CT molecular complexity index is 1100. The minimum absolute atomic E-state index is 0.0238. The first kappa shape index (κ1) is 24.2. The van der Waals surface area contributed by atoms with Gasteiger partial charge in [0.15, 0.2) is 5.69 Å². The molecular formula is C22H33N5O4S. The second kappa shape index (κ2) is 9.19. The van der Waals surface area contributed by atoms with E-state index in [1.54, 1.807) is 29.3 Å². The first-order chi connectivity index (χ1) is 14.9. The number of nitrogens with one attached hydrogen (secondary N) is 1. The molecule has 9 nitrogen and oxygen atoms in total. The molecule has 10 heteroatoms. The normalized spacial score (nSPS) is 16.0. The highest BCUT2D eigenvalue weighted by molar-refractivity contribution is 7.90. The van der Waals surface area contributed by atoms with Crippen molar-refractivity contribution in [1.82, 2.24) is 24.5 Å². The fourth-order valence-electron chi connectivity index (χ4n) is 4.31. The summed E-state index contributed by atoms with van der Waals surface area (Å²) in [5.41, 5.74) is 0.551. The first-order valence-electron chi connectivity index (χ1n) is 10.8. The standard InChI is InChI=1S/C22H33N5O4S/c1-22(2,15-25(3)4)14-23-19(28)16-9-12-26(13-10-16)20(29)18-17-8-6-7-11-27(17)21(24-18)32(5,30)31/h6-8,11,16H,9-10,12-15H2,1-5H3,(H,23,28). The van der Waals surface area contributed by atoms with Crippen LogP contribution in [0.2, 0.25) is 0 Å². The molecule has 1 aliphatic rings. The molecule has 32 heavy (non-hydrogen) atoms. The van der Waals surface area contributed by atoms with E-state index in [-0.39, 0.29) is 34.0 Å². The average molecular weight is 464 g/mol. The van der Waals surface area contributed by atoms with Crippen molar-refractivity contribution >= 4 is 27.2 Å². The molecule has 3 rings (SSSR count). The number of piperidine rings is 1. The quantitative estimate of drug-likeness (QED) is 0.664. The SMILES string of the molecule is CN(C)CC(C)(C)CNC(=O)C1CCN(C(=O)c2nc(S(C)(=O)=O)n3ccccc23)CC1. The van der Waals surface area contributed by atoms with E-state index >= 15 is 0 Å². The van der Waals surface area contributed by atoms with Crippen LogP contribution in [0.3, 0.4) is 0 Å². The summed E-state index contributed by atoms with van der Waals surface area (Å²) in [4.78, 5) is 33.7. The van der Waals surface area contributed by atoms with Crippen LogP contribution in [0.1, 0.15) is 37.2 Å². The van der Waals surface area contributed by atoms with Gasteiger partial charge in [0, 0.05) is 44.5 Å². The predicted octanol–water partition coefficient (Wildman–Crippen LogP) is 1.29. The molecule has 1 fully saturated rings. The van der Waals surface area contributed by atoms with Gasteiger partial charge in [-0.05, 0) is 44.5 Å². The molecule has 3 heterocycles. The number of rotatable bonds is 7. The van der Waals surface area contributed by atoms with Gasteiger partial charge in [-0.1, -0.05) is 19.9 Å². The Morgan fingerprint density at radius 2 is 1.88 bits per heavy atom. The highest BCUT2D eigenvalue weighted by atomic mass is 32.2. The molecule has 0 saturated carbocycles. The second-order valence-electron chi connectivity index (χ2n) is 9.66. The highest BCUT2D eigenvalue weighted by Crippen LogP contribution is 2.23. The number of carbonyl (C=O) groups is 2. The smallest absolute Gasteiger partial charge is 0.274 e. The van der Waals surface area contributed by atoms with Gasteiger partial charge < -0.3 is 15.1 Å². The third-order valence-corrected chi connectivity index (χ3v) is 6.64. The molecule has 0 aliphatic carbocycles. The second-order valence-corrected chi connectivity index (χ2v) is 11.6. The van der Waals surface area contributed by atoms with Crippen molar-refractivity contribution < 1.29 is 18.0 Å². The van der Waals surface area contributed by atoms with Crippen LogP contribution in [-0.2, 0) is 14.6 Å². The molecule has 0 radical (unpaired) electrons. The molecule has 0 spiro atoms. The first-order valence-corrected chi connectivity index (χ1v) is 12.7. The van der Waals surface area contributed by atoms with Crippen molar-refractivity contribution in [2.24, 2.45) is 11.3 Å². The Morgan fingerprint density at radius 1 is 1.22 bits per heavy atom. The minimum Gasteiger partial charge on any atom is -0.355 e. The van der Waals surface area contributed by atoms with Crippen molar-refractivity contribution in [1.29, 1.82) is 0 Å². The Hall–Kier alpha value is -2.46. The number of nitrogens with zero attached hydrogens (tertiary/aromatic N) is 4. The molecule has 176 valence electrons. The number of sulfone groups is 1. The number of imidazole rings is 1. The summed E-state index contributed by atoms with van der Waals surface area (Å²) in [6, 6.07) is 5.13. The fourth-order valence-corrected chi connectivity index (χ4v) is 5.08. The maximum absolute atomic E-state index is 13.1. The van der Waals surface area contributed by atoms with Crippen molar-refractivity contribution in [2.45, 2.75) is 31.8 Å². The highest BCUT2D eigenvalue weighted by Gasteiger charge is 2.31. The van der Waals surface area contributed by atoms with E-state index in [2.05, 4.69) is 29.0 Å². The number of amides is 2. The van der Waals surface area contributed by atoms with E-state index in [1.165, 1.54) is 4.40 Å². The Morgan fingerprint density at radius 3 is 2.47 bits per heavy atom. The number of fused-ring (bicyclic) bond motifs is 1. The van der Waals surface area contributed by atoms with Crippen LogP contribution in [0.15, 0.2) is 29.6 Å². The zero-order valence-corrected chi connectivity index (χ0v) is 20.3. The summed E-state index contributed by atoms with van der Waals surface area (Å²) in [5.74, 6) is -0.426. The number of pyridine rings is 1. The van der Waals surface area contributed by atoms with Gasteiger partial charge >= 0.3 is 0 Å². The van der Waals surface area contributed by atoms with Crippen LogP contribution in [0.4, 0.5) is 0 Å². The molecule has 1 N–H and O–H groups in total. The lowest BCUT2D eigenvalue weighted by molar-refractivity contribution is -0.126. The Labute approximate surface area is 189 Å². The van der Waals surface area contributed by atoms with Crippen LogP contribution >= 0.6 is 0 Å². The Balaban J connectivity index is 1.65. The van der Waals surface area contributed by atoms with Crippen LogP contribution in [0, 0.1) is 11.3 Å². The summed E-state index contributed by atoms with van der Waals surface area (Å²) in [6.07, 6.45) is 3.80. The molecule has 2 aromatic heterocycles. The topological polar surface area (TPSA) is 104 Å². The lowest BCUT2D eigenvalue weighted by atomic mass is 9.91. The minimum atomic E-state index is -3.59. The molecule has 0 aromatic carbocycles. The molecule has 1 aliphatic heterocycles. The summed E-state index contributed by atoms with van der Waals surface area (Å²) in [5, 5.41) is 2.92. The van der Waals surface area contributed by atoms with E-state index in [0.29, 0.717) is 38.0 Å². The number of carbonyl (C=O) groups excluding carboxylic acids is 2. The molecule has 0 atom stereocenters. The summed E-state index contributed by atoms with van der Waals surface area (Å²) < 4.78 is 25.7. The zero-order chi connectivity index (χ0) is 23.7. The third kappa shape index (κ3) is 5.47. The van der Waals surface area contributed by atoms with E-state index in [4.69, 9.17) is 0 Å². The van der Waals surface area contributed by atoms with E-state index in [1.807, 2.05) is 14.1 Å². The van der Waals surface area contributed by atoms with Crippen LogP contribution < -0.4 is 5.32 Å². The fraction of sp³-hybridized carbons (Fsp3) is 0.591. The van der Waals surface area contributed by atoms with E-state index in [0.717, 1.165) is 12.8 Å². The number of aromatic nitrogens is 2. The molecule has 1 saturated heterocycles. The molecular weight excluding hydrogens is 430 g/mol. The zero-order valence-electron chi connectivity index (χ0n) is 19.5. The van der Waals surface area contributed by atoms with Crippen LogP contribution in [-0.4, -0.2) is 85.9 Å². The Kier molecular flexibility index (Phi) is 6.94. The van der Waals surface area contributed by atoms with Crippen molar-refractivity contribution in [3.8, 4) is 0 Å². The van der Waals surface area contributed by atoms with Gasteiger partial charge in [0.1, 0.15) is 0 Å². The molecule has 0 bridgehead atoms. The van der Waals surface area contributed by atoms with Crippen molar-refractivity contribution in [2.75, 3.05) is 46.5 Å².